The molecule has 7 heteroatoms. The maximum absolute atomic E-state index is 12.3. The second kappa shape index (κ2) is 8.76. The SMILES string of the molecule is O=C(CCC(=O)N1CCC(Oc2cnccn2)CC1)c1ccc(Cl)cc1. The minimum Gasteiger partial charge on any atom is -0.473 e. The van der Waals surface area contributed by atoms with Gasteiger partial charge in [-0.2, -0.15) is 0 Å². The van der Waals surface area contributed by atoms with Gasteiger partial charge in [-0.3, -0.25) is 14.6 Å². The minimum absolute atomic E-state index is 0.00488. The van der Waals surface area contributed by atoms with Crippen molar-refractivity contribution in [1.82, 2.24) is 14.9 Å². The summed E-state index contributed by atoms with van der Waals surface area (Å²) in [4.78, 5) is 34.4. The third-order valence-corrected chi connectivity index (χ3v) is 4.61. The Labute approximate surface area is 157 Å². The monoisotopic (exact) mass is 373 g/mol. The Morgan fingerprint density at radius 2 is 1.85 bits per heavy atom. The predicted molar refractivity (Wildman–Crippen MR) is 97.3 cm³/mol. The molecule has 1 saturated heterocycles. The molecule has 2 aromatic rings. The van der Waals surface area contributed by atoms with Crippen molar-refractivity contribution in [2.75, 3.05) is 13.1 Å². The summed E-state index contributed by atoms with van der Waals surface area (Å²) in [6.45, 7) is 1.25. The Kier molecular flexibility index (Phi) is 6.17. The van der Waals surface area contributed by atoms with Crippen LogP contribution in [0.3, 0.4) is 0 Å². The second-order valence-corrected chi connectivity index (χ2v) is 6.61. The first-order valence-electron chi connectivity index (χ1n) is 8.61. The molecule has 1 aliphatic rings. The summed E-state index contributed by atoms with van der Waals surface area (Å²) in [5, 5.41) is 0.587. The lowest BCUT2D eigenvalue weighted by atomic mass is 10.0. The van der Waals surface area contributed by atoms with Crippen molar-refractivity contribution in [2.45, 2.75) is 31.8 Å². The molecule has 0 unspecified atom stereocenters. The molecule has 0 spiro atoms. The fourth-order valence-corrected chi connectivity index (χ4v) is 3.02. The molecule has 0 saturated carbocycles. The van der Waals surface area contributed by atoms with E-state index in [1.165, 1.54) is 0 Å². The highest BCUT2D eigenvalue weighted by atomic mass is 35.5. The number of piperidine rings is 1. The zero-order valence-electron chi connectivity index (χ0n) is 14.3. The first-order valence-corrected chi connectivity index (χ1v) is 8.99. The summed E-state index contributed by atoms with van der Waals surface area (Å²) in [6.07, 6.45) is 6.71. The van der Waals surface area contributed by atoms with Gasteiger partial charge in [0.25, 0.3) is 0 Å². The van der Waals surface area contributed by atoms with Crippen LogP contribution in [0.25, 0.3) is 0 Å². The molecule has 1 amide bonds. The number of rotatable bonds is 6. The third-order valence-electron chi connectivity index (χ3n) is 4.35. The number of amides is 1. The normalized spacial score (nSPS) is 14.9. The van der Waals surface area contributed by atoms with Crippen LogP contribution in [0, 0.1) is 0 Å². The average molecular weight is 374 g/mol. The van der Waals surface area contributed by atoms with Gasteiger partial charge >= 0.3 is 0 Å². The summed E-state index contributed by atoms with van der Waals surface area (Å²) in [7, 11) is 0. The average Bonchev–Trinajstić information content (AvgIpc) is 2.68. The van der Waals surface area contributed by atoms with Crippen LogP contribution in [0.15, 0.2) is 42.9 Å². The van der Waals surface area contributed by atoms with E-state index in [4.69, 9.17) is 16.3 Å². The van der Waals surface area contributed by atoms with Crippen LogP contribution in [-0.4, -0.2) is 45.8 Å². The number of nitrogens with zero attached hydrogens (tertiary/aromatic N) is 3. The number of aromatic nitrogens is 2. The van der Waals surface area contributed by atoms with E-state index in [0.717, 1.165) is 12.8 Å². The number of ether oxygens (including phenoxy) is 1. The number of Topliss-reactive ketones (excluding diaryl/α,β-unsaturated/α-hetero) is 1. The summed E-state index contributed by atoms with van der Waals surface area (Å²) < 4.78 is 5.77. The smallest absolute Gasteiger partial charge is 0.232 e. The Hall–Kier alpha value is -2.47. The van der Waals surface area contributed by atoms with Crippen LogP contribution < -0.4 is 4.74 Å². The van der Waals surface area contributed by atoms with E-state index in [2.05, 4.69) is 9.97 Å². The molecule has 3 rings (SSSR count). The second-order valence-electron chi connectivity index (χ2n) is 6.17. The standard InChI is InChI=1S/C19H20ClN3O3/c20-15-3-1-14(2-4-15)17(24)5-6-19(25)23-11-7-16(8-12-23)26-18-13-21-9-10-22-18/h1-4,9-10,13,16H,5-8,11-12H2. The number of carbonyl (C=O) groups is 2. The molecule has 1 aromatic heterocycles. The maximum Gasteiger partial charge on any atom is 0.232 e. The largest absolute Gasteiger partial charge is 0.473 e. The van der Waals surface area contributed by atoms with Gasteiger partial charge in [0.05, 0.1) is 6.20 Å². The molecule has 6 nitrogen and oxygen atoms in total. The summed E-state index contributed by atoms with van der Waals surface area (Å²) in [5.41, 5.74) is 0.582. The first kappa shape index (κ1) is 18.3. The first-order chi connectivity index (χ1) is 12.6. The van der Waals surface area contributed by atoms with Gasteiger partial charge in [-0.25, -0.2) is 4.98 Å². The number of halogens is 1. The van der Waals surface area contributed by atoms with Gasteiger partial charge in [0.1, 0.15) is 6.10 Å². The van der Waals surface area contributed by atoms with E-state index in [9.17, 15) is 9.59 Å². The van der Waals surface area contributed by atoms with Crippen molar-refractivity contribution in [1.29, 1.82) is 0 Å². The summed E-state index contributed by atoms with van der Waals surface area (Å²) in [6, 6.07) is 6.73. The third kappa shape index (κ3) is 5.02. The van der Waals surface area contributed by atoms with Gasteiger partial charge in [0.15, 0.2) is 5.78 Å². The molecule has 1 aromatic carbocycles. The van der Waals surface area contributed by atoms with E-state index in [0.29, 0.717) is 29.6 Å². The van der Waals surface area contributed by atoms with Crippen molar-refractivity contribution >= 4 is 23.3 Å². The Morgan fingerprint density at radius 3 is 2.50 bits per heavy atom. The van der Waals surface area contributed by atoms with Gasteiger partial charge in [0, 0.05) is 61.8 Å². The molecule has 0 radical (unpaired) electrons. The van der Waals surface area contributed by atoms with Crippen LogP contribution in [0.1, 0.15) is 36.0 Å². The van der Waals surface area contributed by atoms with Gasteiger partial charge < -0.3 is 9.64 Å². The topological polar surface area (TPSA) is 72.4 Å². The summed E-state index contributed by atoms with van der Waals surface area (Å²) in [5.74, 6) is 0.465. The molecule has 1 aliphatic heterocycles. The molecule has 0 N–H and O–H groups in total. The minimum atomic E-state index is -0.0455. The zero-order chi connectivity index (χ0) is 18.4. The number of likely N-dealkylation sites (tertiary alicyclic amines) is 1. The molecular weight excluding hydrogens is 354 g/mol. The van der Waals surface area contributed by atoms with Crippen LogP contribution in [-0.2, 0) is 4.79 Å². The highest BCUT2D eigenvalue weighted by Gasteiger charge is 2.24. The van der Waals surface area contributed by atoms with Gasteiger partial charge in [-0.05, 0) is 24.3 Å². The number of carbonyl (C=O) groups excluding carboxylic acids is 2. The van der Waals surface area contributed by atoms with Gasteiger partial charge in [-0.15, -0.1) is 0 Å². The molecular formula is C19H20ClN3O3. The van der Waals surface area contributed by atoms with Gasteiger partial charge in [0.2, 0.25) is 11.8 Å². The number of hydrogen-bond acceptors (Lipinski definition) is 5. The van der Waals surface area contributed by atoms with Gasteiger partial charge in [-0.1, -0.05) is 11.6 Å². The van der Waals surface area contributed by atoms with E-state index >= 15 is 0 Å². The Balaban J connectivity index is 1.42. The zero-order valence-corrected chi connectivity index (χ0v) is 15.1. The van der Waals surface area contributed by atoms with Crippen LogP contribution in [0.5, 0.6) is 5.88 Å². The Bertz CT molecular complexity index is 744. The van der Waals surface area contributed by atoms with Crippen molar-refractivity contribution in [3.63, 3.8) is 0 Å². The van der Waals surface area contributed by atoms with Crippen molar-refractivity contribution in [2.24, 2.45) is 0 Å². The molecule has 1 fully saturated rings. The number of benzene rings is 1. The quantitative estimate of drug-likeness (QED) is 0.727. The van der Waals surface area contributed by atoms with E-state index in [1.54, 1.807) is 47.8 Å². The van der Waals surface area contributed by atoms with E-state index in [-0.39, 0.29) is 30.6 Å². The predicted octanol–water partition coefficient (Wildman–Crippen LogP) is 3.16. The van der Waals surface area contributed by atoms with Crippen molar-refractivity contribution in [3.8, 4) is 5.88 Å². The lowest BCUT2D eigenvalue weighted by Gasteiger charge is -2.31. The molecule has 0 bridgehead atoms. The fourth-order valence-electron chi connectivity index (χ4n) is 2.90. The van der Waals surface area contributed by atoms with Crippen molar-refractivity contribution < 1.29 is 14.3 Å². The fraction of sp³-hybridized carbons (Fsp3) is 0.368. The molecule has 0 aliphatic carbocycles. The molecule has 26 heavy (non-hydrogen) atoms. The number of ketones is 1. The van der Waals surface area contributed by atoms with Crippen LogP contribution in [0.4, 0.5) is 0 Å². The highest BCUT2D eigenvalue weighted by Crippen LogP contribution is 2.18. The highest BCUT2D eigenvalue weighted by molar-refractivity contribution is 6.30. The lowest BCUT2D eigenvalue weighted by Crippen LogP contribution is -2.41. The van der Waals surface area contributed by atoms with E-state index in [1.807, 2.05) is 0 Å². The summed E-state index contributed by atoms with van der Waals surface area (Å²) >= 11 is 5.82. The van der Waals surface area contributed by atoms with E-state index < -0.39 is 0 Å². The molecule has 136 valence electrons. The van der Waals surface area contributed by atoms with Crippen LogP contribution in [0.2, 0.25) is 5.02 Å². The maximum atomic E-state index is 12.3. The van der Waals surface area contributed by atoms with Crippen molar-refractivity contribution in [3.05, 3.63) is 53.4 Å². The lowest BCUT2D eigenvalue weighted by molar-refractivity contribution is -0.132. The molecule has 0 atom stereocenters. The number of hydrogen-bond donors (Lipinski definition) is 0. The Morgan fingerprint density at radius 1 is 1.12 bits per heavy atom. The molecule has 2 heterocycles. The van der Waals surface area contributed by atoms with Crippen LogP contribution >= 0.6 is 11.6 Å².